The first-order valence-electron chi connectivity index (χ1n) is 10.2. The molecule has 6 nitrogen and oxygen atoms in total. The maximum Gasteiger partial charge on any atom is 0.248 e. The van der Waals surface area contributed by atoms with Gasteiger partial charge < -0.3 is 14.5 Å². The number of ether oxygens (including phenoxy) is 1. The highest BCUT2D eigenvalue weighted by Gasteiger charge is 2.48. The fraction of sp³-hybridized carbons (Fsp3) is 0.435. The molecule has 1 amide bonds. The van der Waals surface area contributed by atoms with E-state index in [1.807, 2.05) is 11.0 Å². The summed E-state index contributed by atoms with van der Waals surface area (Å²) in [6, 6.07) is 12.4. The lowest BCUT2D eigenvalue weighted by atomic mass is 10.1. The molecule has 1 aliphatic heterocycles. The van der Waals surface area contributed by atoms with E-state index >= 15 is 0 Å². The monoisotopic (exact) mass is 408 g/mol. The third kappa shape index (κ3) is 3.88. The average Bonchev–Trinajstić information content (AvgIpc) is 3.53. The van der Waals surface area contributed by atoms with Crippen LogP contribution in [0.4, 0.5) is 10.2 Å². The number of nitrogens with zero attached hydrogens (tertiary/aromatic N) is 4. The zero-order valence-electron chi connectivity index (χ0n) is 17.2. The fourth-order valence-corrected chi connectivity index (χ4v) is 4.31. The number of hydrogen-bond donors (Lipinski definition) is 0. The van der Waals surface area contributed by atoms with E-state index in [-0.39, 0.29) is 30.4 Å². The van der Waals surface area contributed by atoms with Crippen LogP contribution in [0.15, 0.2) is 42.6 Å². The van der Waals surface area contributed by atoms with Gasteiger partial charge in [0.15, 0.2) is 0 Å². The first kappa shape index (κ1) is 20.3. The lowest BCUT2D eigenvalue weighted by Crippen LogP contribution is -2.59. The molecule has 4 rings (SSSR count). The lowest BCUT2D eigenvalue weighted by Gasteiger charge is -2.45. The van der Waals surface area contributed by atoms with Crippen molar-refractivity contribution < 1.29 is 13.9 Å². The van der Waals surface area contributed by atoms with Crippen LogP contribution in [0.25, 0.3) is 0 Å². The van der Waals surface area contributed by atoms with Crippen LogP contribution in [-0.2, 0) is 15.1 Å². The van der Waals surface area contributed by atoms with Crippen LogP contribution in [0.3, 0.4) is 0 Å². The van der Waals surface area contributed by atoms with E-state index in [2.05, 4.69) is 29.8 Å². The number of carbonyl (C=O) groups is 1. The molecule has 1 aliphatic carbocycles. The Bertz CT molecular complexity index is 956. The van der Waals surface area contributed by atoms with Crippen molar-refractivity contribution in [3.05, 3.63) is 59.5 Å². The fourth-order valence-electron chi connectivity index (χ4n) is 4.31. The molecule has 0 N–H and O–H groups in total. The van der Waals surface area contributed by atoms with Gasteiger partial charge >= 0.3 is 0 Å². The molecule has 2 aliphatic rings. The number of nitriles is 1. The van der Waals surface area contributed by atoms with Crippen molar-refractivity contribution in [3.63, 3.8) is 0 Å². The van der Waals surface area contributed by atoms with E-state index in [0.717, 1.165) is 18.7 Å². The third-order valence-corrected chi connectivity index (χ3v) is 5.95. The van der Waals surface area contributed by atoms with Gasteiger partial charge in [-0.15, -0.1) is 0 Å². The maximum absolute atomic E-state index is 14.2. The van der Waals surface area contributed by atoms with Gasteiger partial charge in [-0.1, -0.05) is 18.2 Å². The Morgan fingerprint density at radius 3 is 2.50 bits per heavy atom. The minimum atomic E-state index is -0.660. The Kier molecular flexibility index (Phi) is 5.44. The second-order valence-corrected chi connectivity index (χ2v) is 8.18. The number of rotatable bonds is 5. The summed E-state index contributed by atoms with van der Waals surface area (Å²) in [7, 11) is 0. The first-order valence-corrected chi connectivity index (χ1v) is 10.2. The first-order chi connectivity index (χ1) is 14.4. The number of benzene rings is 1. The van der Waals surface area contributed by atoms with E-state index in [1.54, 1.807) is 30.5 Å². The van der Waals surface area contributed by atoms with Crippen LogP contribution in [-0.4, -0.2) is 47.6 Å². The van der Waals surface area contributed by atoms with Gasteiger partial charge in [0.2, 0.25) is 5.91 Å². The van der Waals surface area contributed by atoms with Gasteiger partial charge in [-0.05, 0) is 44.9 Å². The minimum Gasteiger partial charge on any atom is -0.360 e. The molecule has 0 bridgehead atoms. The summed E-state index contributed by atoms with van der Waals surface area (Å²) in [4.78, 5) is 21.2. The quantitative estimate of drug-likeness (QED) is 0.760. The zero-order valence-corrected chi connectivity index (χ0v) is 17.2. The Morgan fingerprint density at radius 2 is 1.93 bits per heavy atom. The Labute approximate surface area is 175 Å². The summed E-state index contributed by atoms with van der Waals surface area (Å²) < 4.78 is 20.1. The molecule has 1 aromatic carbocycles. The van der Waals surface area contributed by atoms with E-state index in [1.165, 1.54) is 6.07 Å². The lowest BCUT2D eigenvalue weighted by molar-refractivity contribution is -0.140. The molecule has 2 aromatic rings. The van der Waals surface area contributed by atoms with E-state index < -0.39 is 5.60 Å². The number of amides is 1. The van der Waals surface area contributed by atoms with Gasteiger partial charge in [0.05, 0.1) is 11.2 Å². The molecule has 1 saturated heterocycles. The largest absolute Gasteiger partial charge is 0.360 e. The van der Waals surface area contributed by atoms with Crippen LogP contribution in [0, 0.1) is 17.1 Å². The van der Waals surface area contributed by atoms with Crippen LogP contribution in [0.5, 0.6) is 0 Å². The van der Waals surface area contributed by atoms with Crippen LogP contribution >= 0.6 is 0 Å². The summed E-state index contributed by atoms with van der Waals surface area (Å²) in [5, 5.41) is 8.96. The summed E-state index contributed by atoms with van der Waals surface area (Å²) in [5.41, 5.74) is 0.400. The van der Waals surface area contributed by atoms with Crippen molar-refractivity contribution in [1.29, 1.82) is 5.26 Å². The average molecular weight is 408 g/mol. The number of piperazine rings is 1. The topological polar surface area (TPSA) is 69.5 Å². The number of anilines is 1. The minimum absolute atomic E-state index is 0.0527. The third-order valence-electron chi connectivity index (χ3n) is 5.95. The van der Waals surface area contributed by atoms with Crippen molar-refractivity contribution in [2.75, 3.05) is 24.6 Å². The van der Waals surface area contributed by atoms with Crippen molar-refractivity contribution in [1.82, 2.24) is 9.88 Å². The van der Waals surface area contributed by atoms with Gasteiger partial charge in [-0.2, -0.15) is 5.26 Å². The van der Waals surface area contributed by atoms with Gasteiger partial charge in [-0.25, -0.2) is 9.37 Å². The molecule has 0 spiro atoms. The molecule has 2 atom stereocenters. The second kappa shape index (κ2) is 8.04. The molecule has 2 heterocycles. The summed E-state index contributed by atoms with van der Waals surface area (Å²) in [6.45, 7) is 5.17. The summed E-state index contributed by atoms with van der Waals surface area (Å²) >= 11 is 0. The highest BCUT2D eigenvalue weighted by Crippen LogP contribution is 2.50. The Hall–Kier alpha value is -2.98. The van der Waals surface area contributed by atoms with Gasteiger partial charge in [0, 0.05) is 36.9 Å². The van der Waals surface area contributed by atoms with Crippen LogP contribution in [0.2, 0.25) is 0 Å². The van der Waals surface area contributed by atoms with Crippen molar-refractivity contribution in [2.45, 2.75) is 44.4 Å². The highest BCUT2D eigenvalue weighted by molar-refractivity contribution is 5.78. The highest BCUT2D eigenvalue weighted by atomic mass is 19.1. The van der Waals surface area contributed by atoms with Gasteiger partial charge in [0.1, 0.15) is 24.3 Å². The summed E-state index contributed by atoms with van der Waals surface area (Å²) in [6.07, 6.45) is 3.02. The number of pyridine rings is 1. The predicted octanol–water partition coefficient (Wildman–Crippen LogP) is 3.22. The predicted molar refractivity (Wildman–Crippen MR) is 110 cm³/mol. The standard InChI is InChI=1S/C23H25FN4O2/c1-16-13-27(14-17(2)28(16)21-8-7-18(11-25)12-26-21)22(29)15-30-23(9-10-23)19-5-3-4-6-20(19)24/h3-8,12,16-17H,9-10,13-15H2,1-2H3. The summed E-state index contributed by atoms with van der Waals surface area (Å²) in [5.74, 6) is 0.436. The number of hydrogen-bond acceptors (Lipinski definition) is 5. The molecule has 2 fully saturated rings. The second-order valence-electron chi connectivity index (χ2n) is 8.18. The van der Waals surface area contributed by atoms with E-state index in [0.29, 0.717) is 24.2 Å². The molecule has 156 valence electrons. The van der Waals surface area contributed by atoms with Crippen molar-refractivity contribution in [2.24, 2.45) is 0 Å². The normalized spacial score (nSPS) is 22.5. The Balaban J connectivity index is 1.38. The molecule has 2 unspecified atom stereocenters. The molecule has 1 saturated carbocycles. The zero-order chi connectivity index (χ0) is 21.3. The van der Waals surface area contributed by atoms with Gasteiger partial charge in [-0.3, -0.25) is 4.79 Å². The maximum atomic E-state index is 14.2. The molecular weight excluding hydrogens is 383 g/mol. The molecular formula is C23H25FN4O2. The van der Waals surface area contributed by atoms with Crippen molar-refractivity contribution in [3.8, 4) is 6.07 Å². The SMILES string of the molecule is CC1CN(C(=O)COC2(c3ccccc3F)CC2)CC(C)N1c1ccc(C#N)cn1. The van der Waals surface area contributed by atoms with Crippen LogP contribution in [0.1, 0.15) is 37.8 Å². The number of halogens is 1. The number of aromatic nitrogens is 1. The molecule has 0 radical (unpaired) electrons. The molecule has 1 aromatic heterocycles. The van der Waals surface area contributed by atoms with Crippen molar-refractivity contribution >= 4 is 11.7 Å². The van der Waals surface area contributed by atoms with Crippen LogP contribution < -0.4 is 4.90 Å². The smallest absolute Gasteiger partial charge is 0.248 e. The van der Waals surface area contributed by atoms with Gasteiger partial charge in [0.25, 0.3) is 0 Å². The molecule has 7 heteroatoms. The number of carbonyl (C=O) groups excluding carboxylic acids is 1. The molecule has 30 heavy (non-hydrogen) atoms. The van der Waals surface area contributed by atoms with E-state index in [9.17, 15) is 9.18 Å². The van der Waals surface area contributed by atoms with E-state index in [4.69, 9.17) is 10.00 Å². The Morgan fingerprint density at radius 1 is 1.23 bits per heavy atom.